The highest BCUT2D eigenvalue weighted by Crippen LogP contribution is 2.56. The average Bonchev–Trinajstić information content (AvgIpc) is 4.03. The Morgan fingerprint density at radius 3 is 1.27 bits per heavy atom. The van der Waals surface area contributed by atoms with Gasteiger partial charge < -0.3 is 4.90 Å². The topological polar surface area (TPSA) is 3.24 Å². The van der Waals surface area contributed by atoms with Crippen molar-refractivity contribution >= 4 is 80.1 Å². The van der Waals surface area contributed by atoms with Crippen molar-refractivity contribution in [3.05, 3.63) is 259 Å². The van der Waals surface area contributed by atoms with Crippen molar-refractivity contribution in [2.24, 2.45) is 0 Å². The molecule has 1 aliphatic carbocycles. The minimum absolute atomic E-state index is 0.501. The smallest absolute Gasteiger partial charge is 0.0714 e. The van der Waals surface area contributed by atoms with Crippen LogP contribution in [0, 0.1) is 0 Å². The molecule has 0 bridgehead atoms. The van der Waals surface area contributed by atoms with Crippen LogP contribution < -0.4 is 4.90 Å². The van der Waals surface area contributed by atoms with E-state index in [9.17, 15) is 0 Å². The number of hydrogen-bond acceptors (Lipinski definition) is 3. The summed E-state index contributed by atoms with van der Waals surface area (Å²) in [6.07, 6.45) is 0. The first kappa shape index (κ1) is 37.0. The van der Waals surface area contributed by atoms with Gasteiger partial charge in [-0.1, -0.05) is 164 Å². The zero-order chi connectivity index (χ0) is 42.2. The zero-order valence-electron chi connectivity index (χ0n) is 34.8. The van der Waals surface area contributed by atoms with E-state index in [0.29, 0.717) is 0 Å². The Morgan fingerprint density at radius 1 is 0.281 bits per heavy atom. The lowest BCUT2D eigenvalue weighted by Gasteiger charge is -2.35. The third kappa shape index (κ3) is 5.75. The van der Waals surface area contributed by atoms with Crippen LogP contribution in [0.25, 0.3) is 73.7 Å². The molecule has 10 aromatic carbocycles. The molecular formula is C61H39NS2. The van der Waals surface area contributed by atoms with Crippen molar-refractivity contribution < 1.29 is 0 Å². The Morgan fingerprint density at radius 2 is 0.719 bits per heavy atom. The highest BCUT2D eigenvalue weighted by molar-refractivity contribution is 7.26. The van der Waals surface area contributed by atoms with Crippen LogP contribution in [-0.4, -0.2) is 0 Å². The summed E-state index contributed by atoms with van der Waals surface area (Å²) in [5.74, 6) is 0. The molecule has 13 rings (SSSR count). The van der Waals surface area contributed by atoms with Gasteiger partial charge in [0.2, 0.25) is 0 Å². The summed E-state index contributed by atoms with van der Waals surface area (Å²) in [6.45, 7) is 0. The quantitative estimate of drug-likeness (QED) is 0.154. The second kappa shape index (κ2) is 14.8. The van der Waals surface area contributed by atoms with Crippen molar-refractivity contribution in [1.29, 1.82) is 0 Å². The van der Waals surface area contributed by atoms with E-state index in [1.807, 2.05) is 22.7 Å². The minimum atomic E-state index is -0.501. The number of rotatable bonds is 7. The van der Waals surface area contributed by atoms with Crippen LogP contribution in [0.5, 0.6) is 0 Å². The standard InChI is InChI=1S/C61H39NS2/c1-2-13-44(14-3-1)61(55-21-8-4-17-49(55)50-18-5-9-22-56(50)61)45-15-12-16-48(39-45)62(46-31-25-40(26-32-46)42-29-35-59-53(37-42)51-19-6-10-23-57(51)63-59)47-33-27-41(28-34-47)43-30-36-60-54(38-43)52-20-7-11-24-58(52)64-60/h1-39H. The maximum Gasteiger partial charge on any atom is 0.0714 e. The van der Waals surface area contributed by atoms with Crippen LogP contribution in [0.2, 0.25) is 0 Å². The van der Waals surface area contributed by atoms with E-state index in [2.05, 4.69) is 241 Å². The molecule has 1 aliphatic rings. The Kier molecular flexibility index (Phi) is 8.55. The molecule has 0 N–H and O–H groups in total. The van der Waals surface area contributed by atoms with E-state index in [-0.39, 0.29) is 0 Å². The van der Waals surface area contributed by atoms with Crippen molar-refractivity contribution in [3.8, 4) is 33.4 Å². The highest BCUT2D eigenvalue weighted by atomic mass is 32.1. The normalized spacial score (nSPS) is 12.8. The van der Waals surface area contributed by atoms with E-state index in [1.54, 1.807) is 0 Å². The van der Waals surface area contributed by atoms with Gasteiger partial charge in [-0.25, -0.2) is 0 Å². The van der Waals surface area contributed by atoms with Crippen LogP contribution in [0.1, 0.15) is 22.3 Å². The molecule has 0 saturated carbocycles. The summed E-state index contributed by atoms with van der Waals surface area (Å²) >= 11 is 3.72. The largest absolute Gasteiger partial charge is 0.310 e. The van der Waals surface area contributed by atoms with Gasteiger partial charge in [-0.05, 0) is 128 Å². The van der Waals surface area contributed by atoms with Crippen molar-refractivity contribution in [2.45, 2.75) is 5.41 Å². The van der Waals surface area contributed by atoms with Crippen molar-refractivity contribution in [1.82, 2.24) is 0 Å². The third-order valence-corrected chi connectivity index (χ3v) is 15.7. The molecule has 0 fully saturated rings. The van der Waals surface area contributed by atoms with Gasteiger partial charge in [-0.2, -0.15) is 0 Å². The van der Waals surface area contributed by atoms with E-state index in [1.165, 1.54) is 96.0 Å². The predicted molar refractivity (Wildman–Crippen MR) is 275 cm³/mol. The van der Waals surface area contributed by atoms with Crippen molar-refractivity contribution in [3.63, 3.8) is 0 Å². The summed E-state index contributed by atoms with van der Waals surface area (Å²) in [7, 11) is 0. The molecule has 12 aromatic rings. The molecule has 0 unspecified atom stereocenters. The second-order valence-corrected chi connectivity index (χ2v) is 19.0. The second-order valence-electron chi connectivity index (χ2n) is 16.8. The van der Waals surface area contributed by atoms with Gasteiger partial charge in [0.1, 0.15) is 0 Å². The Hall–Kier alpha value is -7.56. The maximum atomic E-state index is 2.43. The Labute approximate surface area is 380 Å². The number of thiophene rings is 2. The lowest BCUT2D eigenvalue weighted by Crippen LogP contribution is -2.28. The molecule has 0 spiro atoms. The van der Waals surface area contributed by atoms with Gasteiger partial charge in [-0.3, -0.25) is 0 Å². The van der Waals surface area contributed by atoms with Gasteiger partial charge in [0.05, 0.1) is 5.41 Å². The highest BCUT2D eigenvalue weighted by Gasteiger charge is 2.46. The zero-order valence-corrected chi connectivity index (χ0v) is 36.4. The summed E-state index contributed by atoms with van der Waals surface area (Å²) in [5.41, 5.74) is 15.3. The molecule has 1 nitrogen and oxygen atoms in total. The molecule has 0 aliphatic heterocycles. The molecule has 64 heavy (non-hydrogen) atoms. The molecule has 0 radical (unpaired) electrons. The summed E-state index contributed by atoms with van der Waals surface area (Å²) < 4.78 is 5.29. The molecule has 0 atom stereocenters. The van der Waals surface area contributed by atoms with Crippen molar-refractivity contribution in [2.75, 3.05) is 4.90 Å². The number of anilines is 3. The minimum Gasteiger partial charge on any atom is -0.310 e. The van der Waals surface area contributed by atoms with Crippen LogP contribution in [-0.2, 0) is 5.41 Å². The lowest BCUT2D eigenvalue weighted by molar-refractivity contribution is 0.768. The van der Waals surface area contributed by atoms with Gasteiger partial charge in [0, 0.05) is 57.4 Å². The summed E-state index contributed by atoms with van der Waals surface area (Å²) in [4.78, 5) is 2.42. The van der Waals surface area contributed by atoms with Crippen LogP contribution in [0.4, 0.5) is 17.1 Å². The van der Waals surface area contributed by atoms with E-state index in [0.717, 1.165) is 17.1 Å². The summed E-state index contributed by atoms with van der Waals surface area (Å²) in [6, 6.07) is 87.9. The molecule has 3 heteroatoms. The van der Waals surface area contributed by atoms with E-state index >= 15 is 0 Å². The van der Waals surface area contributed by atoms with Crippen LogP contribution in [0.3, 0.4) is 0 Å². The number of hydrogen-bond donors (Lipinski definition) is 0. The molecule has 0 amide bonds. The van der Waals surface area contributed by atoms with Crippen LogP contribution >= 0.6 is 22.7 Å². The molecule has 2 heterocycles. The third-order valence-electron chi connectivity index (χ3n) is 13.4. The molecule has 2 aromatic heterocycles. The molecule has 300 valence electrons. The fraction of sp³-hybridized carbons (Fsp3) is 0.0164. The van der Waals surface area contributed by atoms with Crippen LogP contribution in [0.15, 0.2) is 237 Å². The predicted octanol–water partition coefficient (Wildman–Crippen LogP) is 17.6. The Balaban J connectivity index is 0.962. The molecule has 0 saturated heterocycles. The first-order chi connectivity index (χ1) is 31.7. The van der Waals surface area contributed by atoms with E-state index in [4.69, 9.17) is 0 Å². The lowest BCUT2D eigenvalue weighted by atomic mass is 9.67. The number of nitrogens with zero attached hydrogens (tertiary/aromatic N) is 1. The fourth-order valence-electron chi connectivity index (χ4n) is 10.5. The van der Waals surface area contributed by atoms with Gasteiger partial charge in [-0.15, -0.1) is 22.7 Å². The number of benzene rings is 10. The monoisotopic (exact) mass is 849 g/mol. The van der Waals surface area contributed by atoms with Gasteiger partial charge >= 0.3 is 0 Å². The Bertz CT molecular complexity index is 3520. The average molecular weight is 850 g/mol. The molecular weight excluding hydrogens is 811 g/mol. The maximum absolute atomic E-state index is 2.43. The van der Waals surface area contributed by atoms with E-state index < -0.39 is 5.41 Å². The summed E-state index contributed by atoms with van der Waals surface area (Å²) in [5, 5.41) is 5.27. The first-order valence-electron chi connectivity index (χ1n) is 21.9. The fourth-order valence-corrected chi connectivity index (χ4v) is 12.6. The first-order valence-corrected chi connectivity index (χ1v) is 23.5. The number of fused-ring (bicyclic) bond motifs is 9. The SMILES string of the molecule is c1ccc(C2(c3cccc(N(c4ccc(-c5ccc6sc7ccccc7c6c5)cc4)c4ccc(-c5ccc6sc7ccccc7c6c5)cc4)c3)c3ccccc3-c3ccccc32)cc1. The van der Waals surface area contributed by atoms with Gasteiger partial charge in [0.15, 0.2) is 0 Å². The van der Waals surface area contributed by atoms with Gasteiger partial charge in [0.25, 0.3) is 0 Å².